The highest BCUT2D eigenvalue weighted by molar-refractivity contribution is 6.30. The molecule has 1 aromatic heterocycles. The lowest BCUT2D eigenvalue weighted by Crippen LogP contribution is -2.57. The van der Waals surface area contributed by atoms with Crippen LogP contribution in [0.5, 0.6) is 0 Å². The minimum atomic E-state index is -4.55. The van der Waals surface area contributed by atoms with Gasteiger partial charge in [-0.25, -0.2) is 4.98 Å². The number of nitrogens with one attached hydrogen (secondary N) is 2. The molecule has 132 valence electrons. The molecule has 25 heavy (non-hydrogen) atoms. The van der Waals surface area contributed by atoms with E-state index in [9.17, 15) is 13.2 Å². The lowest BCUT2D eigenvalue weighted by atomic mass is 9.77. The zero-order valence-electron chi connectivity index (χ0n) is 13.3. The van der Waals surface area contributed by atoms with Crippen molar-refractivity contribution < 1.29 is 13.2 Å². The molecule has 1 aromatic carbocycles. The highest BCUT2D eigenvalue weighted by atomic mass is 35.5. The first-order chi connectivity index (χ1) is 11.9. The molecular formula is C18H17ClF3N3. The van der Waals surface area contributed by atoms with Crippen LogP contribution in [0, 0.1) is 5.92 Å². The first-order valence-corrected chi connectivity index (χ1v) is 8.64. The molecule has 1 aliphatic carbocycles. The second-order valence-corrected chi connectivity index (χ2v) is 7.08. The molecular weight excluding hydrogens is 351 g/mol. The van der Waals surface area contributed by atoms with Crippen LogP contribution in [0.15, 0.2) is 36.5 Å². The third kappa shape index (κ3) is 2.59. The molecule has 0 bridgehead atoms. The molecule has 1 atom stereocenters. The number of pyridine rings is 1. The topological polar surface area (TPSA) is 37.0 Å². The Morgan fingerprint density at radius 1 is 1.24 bits per heavy atom. The van der Waals surface area contributed by atoms with E-state index in [4.69, 9.17) is 11.6 Å². The minimum absolute atomic E-state index is 0.0802. The molecule has 0 saturated heterocycles. The summed E-state index contributed by atoms with van der Waals surface area (Å²) in [5, 5.41) is 6.12. The monoisotopic (exact) mass is 367 g/mol. The van der Waals surface area contributed by atoms with Gasteiger partial charge in [0, 0.05) is 28.0 Å². The molecule has 2 aromatic rings. The predicted octanol–water partition coefficient (Wildman–Crippen LogP) is 4.99. The Morgan fingerprint density at radius 3 is 2.72 bits per heavy atom. The molecule has 2 N–H and O–H groups in total. The largest absolute Gasteiger partial charge is 0.415 e. The number of benzene rings is 1. The van der Waals surface area contributed by atoms with Gasteiger partial charge in [-0.1, -0.05) is 24.1 Å². The maximum absolute atomic E-state index is 14.5. The van der Waals surface area contributed by atoms with Crippen molar-refractivity contribution >= 4 is 23.1 Å². The van der Waals surface area contributed by atoms with E-state index in [1.807, 2.05) is 0 Å². The van der Waals surface area contributed by atoms with Gasteiger partial charge in [0.1, 0.15) is 5.82 Å². The minimum Gasteiger partial charge on any atom is -0.340 e. The van der Waals surface area contributed by atoms with E-state index in [0.29, 0.717) is 12.2 Å². The normalized spacial score (nSPS) is 22.6. The highest BCUT2D eigenvalue weighted by Crippen LogP contribution is 2.52. The summed E-state index contributed by atoms with van der Waals surface area (Å²) in [5.41, 5.74) is -1.78. The van der Waals surface area contributed by atoms with Crippen LogP contribution in [0.2, 0.25) is 5.02 Å². The third-order valence-corrected chi connectivity index (χ3v) is 5.39. The molecule has 2 heterocycles. The summed E-state index contributed by atoms with van der Waals surface area (Å²) in [5.74, 6) is 0.493. The molecule has 1 aliphatic heterocycles. The van der Waals surface area contributed by atoms with Crippen molar-refractivity contribution in [2.75, 3.05) is 11.9 Å². The van der Waals surface area contributed by atoms with E-state index < -0.39 is 11.7 Å². The van der Waals surface area contributed by atoms with Crippen molar-refractivity contribution in [3.63, 3.8) is 0 Å². The Kier molecular flexibility index (Phi) is 3.92. The number of nitrogens with zero attached hydrogens (tertiary/aromatic N) is 1. The Hall–Kier alpha value is -1.79. The maximum Gasteiger partial charge on any atom is 0.415 e. The Bertz CT molecular complexity index is 804. The zero-order valence-corrected chi connectivity index (χ0v) is 14.1. The summed E-state index contributed by atoms with van der Waals surface area (Å²) in [6.45, 7) is 0.305. The predicted molar refractivity (Wildman–Crippen MR) is 91.2 cm³/mol. The van der Waals surface area contributed by atoms with Crippen LogP contribution in [0.3, 0.4) is 0 Å². The van der Waals surface area contributed by atoms with Crippen molar-refractivity contribution in [1.29, 1.82) is 0 Å². The summed E-state index contributed by atoms with van der Waals surface area (Å²) in [4.78, 5) is 4.13. The van der Waals surface area contributed by atoms with Crippen molar-refractivity contribution in [1.82, 2.24) is 10.3 Å². The number of alkyl halides is 3. The van der Waals surface area contributed by atoms with Gasteiger partial charge in [0.15, 0.2) is 5.54 Å². The first-order valence-electron chi connectivity index (χ1n) is 8.26. The van der Waals surface area contributed by atoms with Crippen LogP contribution < -0.4 is 10.6 Å². The molecule has 7 heteroatoms. The number of aromatic nitrogens is 1. The molecule has 2 aliphatic rings. The smallest absolute Gasteiger partial charge is 0.340 e. The van der Waals surface area contributed by atoms with Gasteiger partial charge in [0.2, 0.25) is 0 Å². The van der Waals surface area contributed by atoms with E-state index >= 15 is 0 Å². The molecule has 0 amide bonds. The second kappa shape index (κ2) is 5.88. The molecule has 1 saturated carbocycles. The van der Waals surface area contributed by atoms with E-state index in [2.05, 4.69) is 15.6 Å². The summed E-state index contributed by atoms with van der Waals surface area (Å²) in [6.07, 6.45) is -0.0632. The average Bonchev–Trinajstić information content (AvgIpc) is 2.52. The van der Waals surface area contributed by atoms with Crippen molar-refractivity contribution in [3.05, 3.63) is 52.7 Å². The first kappa shape index (κ1) is 16.7. The van der Waals surface area contributed by atoms with Gasteiger partial charge in [-0.05, 0) is 49.6 Å². The van der Waals surface area contributed by atoms with Crippen LogP contribution in [-0.2, 0) is 5.54 Å². The standard InChI is InChI=1S/C18H17ClF3N3/c19-12-6-7-15-14(9-12)17(18(20,21)22,24-10-11-3-1-4-11)13-5-2-8-23-16(13)25-15/h2,5-9,11,24H,1,3-4,10H2,(H,23,25). The molecule has 0 spiro atoms. The van der Waals surface area contributed by atoms with E-state index in [-0.39, 0.29) is 27.9 Å². The van der Waals surface area contributed by atoms with Crippen LogP contribution in [0.4, 0.5) is 24.7 Å². The Morgan fingerprint density at radius 2 is 2.04 bits per heavy atom. The van der Waals surface area contributed by atoms with Gasteiger partial charge < -0.3 is 5.32 Å². The fourth-order valence-corrected chi connectivity index (χ4v) is 3.78. The van der Waals surface area contributed by atoms with Crippen LogP contribution in [0.1, 0.15) is 30.4 Å². The summed E-state index contributed by atoms with van der Waals surface area (Å²) < 4.78 is 43.5. The molecule has 4 rings (SSSR count). The van der Waals surface area contributed by atoms with E-state index in [1.165, 1.54) is 24.4 Å². The van der Waals surface area contributed by atoms with Gasteiger partial charge in [0.25, 0.3) is 0 Å². The summed E-state index contributed by atoms with van der Waals surface area (Å²) >= 11 is 6.04. The van der Waals surface area contributed by atoms with Gasteiger partial charge >= 0.3 is 6.18 Å². The Balaban J connectivity index is 1.92. The Labute approximate surface area is 148 Å². The third-order valence-electron chi connectivity index (χ3n) is 5.16. The maximum atomic E-state index is 14.5. The van der Waals surface area contributed by atoms with Crippen LogP contribution >= 0.6 is 11.6 Å². The van der Waals surface area contributed by atoms with Gasteiger partial charge in [-0.15, -0.1) is 0 Å². The van der Waals surface area contributed by atoms with E-state index in [0.717, 1.165) is 19.3 Å². The summed E-state index contributed by atoms with van der Waals surface area (Å²) in [6, 6.07) is 7.54. The molecule has 1 unspecified atom stereocenters. The number of anilines is 2. The SMILES string of the molecule is FC(F)(F)C1(NCC2CCC2)c2cc(Cl)ccc2Nc2ncccc21. The van der Waals surface area contributed by atoms with Gasteiger partial charge in [-0.2, -0.15) is 13.2 Å². The van der Waals surface area contributed by atoms with Crippen molar-refractivity contribution in [2.45, 2.75) is 31.0 Å². The number of fused-ring (bicyclic) bond motifs is 2. The fourth-order valence-electron chi connectivity index (χ4n) is 3.61. The number of rotatable bonds is 3. The zero-order chi connectivity index (χ0) is 17.7. The van der Waals surface area contributed by atoms with Gasteiger partial charge in [0.05, 0.1) is 0 Å². The fraction of sp³-hybridized carbons (Fsp3) is 0.389. The molecule has 0 radical (unpaired) electrons. The van der Waals surface area contributed by atoms with Crippen molar-refractivity contribution in [3.8, 4) is 0 Å². The molecule has 1 fully saturated rings. The number of halogens is 4. The lowest BCUT2D eigenvalue weighted by molar-refractivity contribution is -0.188. The number of hydrogen-bond donors (Lipinski definition) is 2. The quantitative estimate of drug-likeness (QED) is 0.802. The number of hydrogen-bond acceptors (Lipinski definition) is 3. The van der Waals surface area contributed by atoms with Crippen molar-refractivity contribution in [2.24, 2.45) is 5.92 Å². The summed E-state index contributed by atoms with van der Waals surface area (Å²) in [7, 11) is 0. The van der Waals surface area contributed by atoms with Crippen LogP contribution in [0.25, 0.3) is 0 Å². The van der Waals surface area contributed by atoms with Gasteiger partial charge in [-0.3, -0.25) is 5.32 Å². The molecule has 3 nitrogen and oxygen atoms in total. The highest BCUT2D eigenvalue weighted by Gasteiger charge is 2.60. The van der Waals surface area contributed by atoms with E-state index in [1.54, 1.807) is 12.1 Å². The average molecular weight is 368 g/mol. The lowest BCUT2D eigenvalue weighted by Gasteiger charge is -2.43. The van der Waals surface area contributed by atoms with Crippen LogP contribution in [-0.4, -0.2) is 17.7 Å². The second-order valence-electron chi connectivity index (χ2n) is 6.64.